The summed E-state index contributed by atoms with van der Waals surface area (Å²) in [6.07, 6.45) is -2.23. The van der Waals surface area contributed by atoms with Gasteiger partial charge in [0.15, 0.2) is 19.7 Å². The third-order valence-corrected chi connectivity index (χ3v) is 10.3. The molecule has 0 spiro atoms. The Morgan fingerprint density at radius 2 is 0.963 bits per heavy atom. The molecule has 0 aliphatic carbocycles. The van der Waals surface area contributed by atoms with Crippen molar-refractivity contribution in [3.8, 4) is 0 Å². The first kappa shape index (κ1) is 19.0. The van der Waals surface area contributed by atoms with Crippen molar-refractivity contribution in [1.82, 2.24) is 0 Å². The lowest BCUT2D eigenvalue weighted by molar-refractivity contribution is 0.118. The summed E-state index contributed by atoms with van der Waals surface area (Å²) < 4.78 is 58.8. The fourth-order valence-electron chi connectivity index (χ4n) is 3.55. The molecule has 2 aromatic rings. The Labute approximate surface area is 167 Å². The molecule has 0 aromatic heterocycles. The van der Waals surface area contributed by atoms with Crippen LogP contribution in [0.1, 0.15) is 0 Å². The maximum atomic E-state index is 13.3. The molecule has 4 atom stereocenters. The molecular weight excluding hydrogens is 431 g/mol. The SMILES string of the molecule is O=S(=O)(c1ccccc1)[C@H]1[C@H](S(=O)(=O)c2ccccc2)[C@H]2O[C@@H]1C(Cl)=C2Cl. The van der Waals surface area contributed by atoms with E-state index in [9.17, 15) is 16.8 Å². The molecule has 0 amide bonds. The van der Waals surface area contributed by atoms with Gasteiger partial charge in [0.05, 0.1) is 19.9 Å². The topological polar surface area (TPSA) is 77.5 Å². The maximum Gasteiger partial charge on any atom is 0.185 e. The van der Waals surface area contributed by atoms with Gasteiger partial charge in [-0.25, -0.2) is 16.8 Å². The van der Waals surface area contributed by atoms with Crippen molar-refractivity contribution in [3.63, 3.8) is 0 Å². The van der Waals surface area contributed by atoms with E-state index < -0.39 is 42.4 Å². The molecule has 2 aromatic carbocycles. The fourth-order valence-corrected chi connectivity index (χ4v) is 8.91. The maximum absolute atomic E-state index is 13.3. The Balaban J connectivity index is 1.90. The van der Waals surface area contributed by atoms with Crippen LogP contribution in [-0.2, 0) is 24.4 Å². The van der Waals surface area contributed by atoms with Crippen LogP contribution in [0.4, 0.5) is 0 Å². The molecule has 2 bridgehead atoms. The van der Waals surface area contributed by atoms with Crippen molar-refractivity contribution in [1.29, 1.82) is 0 Å². The standard InChI is InChI=1S/C18H14Cl2O5S2/c19-13-14(20)16-18(27(23,24)12-9-5-2-6-10-12)17(15(13)25-16)26(21,22)11-7-3-1-4-8-11/h1-10,15-18H/t15-,16+,17-,18-/m1/s1. The van der Waals surface area contributed by atoms with Crippen LogP contribution >= 0.6 is 23.2 Å². The molecule has 2 aliphatic rings. The van der Waals surface area contributed by atoms with Gasteiger partial charge in [-0.05, 0) is 24.3 Å². The molecule has 27 heavy (non-hydrogen) atoms. The highest BCUT2D eigenvalue weighted by Gasteiger charge is 2.63. The lowest BCUT2D eigenvalue weighted by Crippen LogP contribution is -2.47. The van der Waals surface area contributed by atoms with Crippen LogP contribution in [0.3, 0.4) is 0 Å². The van der Waals surface area contributed by atoms with Crippen LogP contribution in [0.2, 0.25) is 0 Å². The minimum Gasteiger partial charge on any atom is -0.361 e. The minimum atomic E-state index is -4.05. The van der Waals surface area contributed by atoms with E-state index >= 15 is 0 Å². The minimum absolute atomic E-state index is 0.0139. The van der Waals surface area contributed by atoms with Gasteiger partial charge in [0.25, 0.3) is 0 Å². The summed E-state index contributed by atoms with van der Waals surface area (Å²) in [5.74, 6) is 0. The number of rotatable bonds is 4. The van der Waals surface area contributed by atoms with Crippen molar-refractivity contribution >= 4 is 42.9 Å². The van der Waals surface area contributed by atoms with E-state index in [-0.39, 0.29) is 19.9 Å². The fraction of sp³-hybridized carbons (Fsp3) is 0.222. The lowest BCUT2D eigenvalue weighted by Gasteiger charge is -2.27. The van der Waals surface area contributed by atoms with E-state index in [1.54, 1.807) is 36.4 Å². The summed E-state index contributed by atoms with van der Waals surface area (Å²) in [5, 5.41) is -2.67. The molecule has 0 unspecified atom stereocenters. The van der Waals surface area contributed by atoms with Crippen LogP contribution in [0.15, 0.2) is 80.5 Å². The number of fused-ring (bicyclic) bond motifs is 2. The second-order valence-electron chi connectivity index (χ2n) is 6.32. The molecule has 4 rings (SSSR count). The molecule has 142 valence electrons. The van der Waals surface area contributed by atoms with Crippen LogP contribution in [0, 0.1) is 0 Å². The Kier molecular flexibility index (Phi) is 4.63. The summed E-state index contributed by atoms with van der Waals surface area (Å²) in [5.41, 5.74) is 0. The van der Waals surface area contributed by atoms with E-state index in [0.29, 0.717) is 0 Å². The van der Waals surface area contributed by atoms with E-state index in [2.05, 4.69) is 0 Å². The third-order valence-electron chi connectivity index (χ3n) is 4.80. The second-order valence-corrected chi connectivity index (χ2v) is 11.3. The highest BCUT2D eigenvalue weighted by Crippen LogP contribution is 2.50. The summed E-state index contributed by atoms with van der Waals surface area (Å²) in [7, 11) is -8.10. The normalized spacial score (nSPS) is 27.9. The molecule has 1 saturated heterocycles. The first-order valence-electron chi connectivity index (χ1n) is 8.04. The molecule has 9 heteroatoms. The highest BCUT2D eigenvalue weighted by atomic mass is 35.5. The van der Waals surface area contributed by atoms with Gasteiger partial charge >= 0.3 is 0 Å². The van der Waals surface area contributed by atoms with Crippen LogP contribution in [0.25, 0.3) is 0 Å². The molecule has 0 N–H and O–H groups in total. The number of hydrogen-bond acceptors (Lipinski definition) is 5. The zero-order chi connectivity index (χ0) is 19.4. The van der Waals surface area contributed by atoms with Gasteiger partial charge in [-0.3, -0.25) is 0 Å². The van der Waals surface area contributed by atoms with Crippen molar-refractivity contribution < 1.29 is 21.6 Å². The zero-order valence-electron chi connectivity index (χ0n) is 13.7. The van der Waals surface area contributed by atoms with E-state index in [0.717, 1.165) is 0 Å². The Hall–Kier alpha value is -1.38. The molecular formula is C18H14Cl2O5S2. The first-order valence-corrected chi connectivity index (χ1v) is 11.9. The summed E-state index contributed by atoms with van der Waals surface area (Å²) in [6.45, 7) is 0. The van der Waals surface area contributed by atoms with Crippen molar-refractivity contribution in [2.75, 3.05) is 0 Å². The Bertz CT molecular complexity index is 1020. The lowest BCUT2D eigenvalue weighted by atomic mass is 10.1. The van der Waals surface area contributed by atoms with Gasteiger partial charge in [0.2, 0.25) is 0 Å². The van der Waals surface area contributed by atoms with Crippen LogP contribution < -0.4 is 0 Å². The molecule has 5 nitrogen and oxygen atoms in total. The smallest absolute Gasteiger partial charge is 0.185 e. The van der Waals surface area contributed by atoms with Crippen LogP contribution in [-0.4, -0.2) is 39.5 Å². The largest absolute Gasteiger partial charge is 0.361 e. The monoisotopic (exact) mass is 444 g/mol. The average molecular weight is 445 g/mol. The third kappa shape index (κ3) is 2.84. The van der Waals surface area contributed by atoms with Gasteiger partial charge in [-0.2, -0.15) is 0 Å². The quantitative estimate of drug-likeness (QED) is 0.723. The summed E-state index contributed by atoms with van der Waals surface area (Å²) in [4.78, 5) is 0.0278. The van der Waals surface area contributed by atoms with E-state index in [1.165, 1.54) is 24.3 Å². The van der Waals surface area contributed by atoms with Gasteiger partial charge in [-0.1, -0.05) is 59.6 Å². The highest BCUT2D eigenvalue weighted by molar-refractivity contribution is 7.96. The van der Waals surface area contributed by atoms with Crippen molar-refractivity contribution in [2.24, 2.45) is 0 Å². The number of halogens is 2. The van der Waals surface area contributed by atoms with E-state index in [4.69, 9.17) is 27.9 Å². The summed E-state index contributed by atoms with van der Waals surface area (Å²) in [6, 6.07) is 15.4. The molecule has 0 saturated carbocycles. The average Bonchev–Trinajstić information content (AvgIpc) is 3.21. The Morgan fingerprint density at radius 1 is 0.630 bits per heavy atom. The molecule has 2 aliphatic heterocycles. The first-order chi connectivity index (χ1) is 12.8. The number of ether oxygens (including phenoxy) is 1. The molecule has 0 radical (unpaired) electrons. The summed E-state index contributed by atoms with van der Waals surface area (Å²) >= 11 is 12.3. The van der Waals surface area contributed by atoms with Gasteiger partial charge in [-0.15, -0.1) is 0 Å². The number of sulfone groups is 2. The van der Waals surface area contributed by atoms with Crippen LogP contribution in [0.5, 0.6) is 0 Å². The predicted molar refractivity (Wildman–Crippen MR) is 102 cm³/mol. The van der Waals surface area contributed by atoms with Crippen molar-refractivity contribution in [3.05, 3.63) is 70.7 Å². The van der Waals surface area contributed by atoms with Gasteiger partial charge < -0.3 is 4.74 Å². The van der Waals surface area contributed by atoms with Crippen molar-refractivity contribution in [2.45, 2.75) is 32.5 Å². The van der Waals surface area contributed by atoms with Gasteiger partial charge in [0, 0.05) is 0 Å². The predicted octanol–water partition coefficient (Wildman–Crippen LogP) is 3.14. The number of hydrogen-bond donors (Lipinski definition) is 0. The Morgan fingerprint density at radius 3 is 1.30 bits per heavy atom. The van der Waals surface area contributed by atoms with Gasteiger partial charge in [0.1, 0.15) is 22.7 Å². The second kappa shape index (κ2) is 6.60. The number of benzene rings is 2. The van der Waals surface area contributed by atoms with E-state index in [1.807, 2.05) is 0 Å². The molecule has 1 fully saturated rings. The molecule has 2 heterocycles. The zero-order valence-corrected chi connectivity index (χ0v) is 16.8.